The molecule has 1 aromatic carbocycles. The molecule has 0 radical (unpaired) electrons. The van der Waals surface area contributed by atoms with Crippen LogP contribution in [0.2, 0.25) is 0 Å². The third-order valence-corrected chi connectivity index (χ3v) is 3.86. The van der Waals surface area contributed by atoms with E-state index in [0.29, 0.717) is 11.1 Å². The number of nitriles is 1. The molecule has 17 heavy (non-hydrogen) atoms. The standard InChI is InChI=1S/C11H7N3OS2/c1-7(15)9-3-2-8(5-12)4-10(9)17-11-14-13-6-16-11/h2-4,6H,1H3. The van der Waals surface area contributed by atoms with Gasteiger partial charge in [-0.25, -0.2) is 0 Å². The van der Waals surface area contributed by atoms with E-state index < -0.39 is 0 Å². The average molecular weight is 261 g/mol. The third kappa shape index (κ3) is 2.70. The van der Waals surface area contributed by atoms with Crippen LogP contribution in [-0.4, -0.2) is 16.0 Å². The van der Waals surface area contributed by atoms with Crippen LogP contribution in [0.15, 0.2) is 32.9 Å². The molecule has 0 aliphatic carbocycles. The molecule has 0 atom stereocenters. The fourth-order valence-corrected chi connectivity index (χ4v) is 2.92. The second-order valence-electron chi connectivity index (χ2n) is 3.19. The minimum atomic E-state index is -0.0264. The van der Waals surface area contributed by atoms with Gasteiger partial charge >= 0.3 is 0 Å². The number of nitrogens with zero attached hydrogens (tertiary/aromatic N) is 3. The third-order valence-electron chi connectivity index (χ3n) is 2.03. The second-order valence-corrected chi connectivity index (χ2v) is 5.31. The van der Waals surface area contributed by atoms with Crippen LogP contribution in [0.3, 0.4) is 0 Å². The van der Waals surface area contributed by atoms with Crippen molar-refractivity contribution >= 4 is 28.9 Å². The topological polar surface area (TPSA) is 66.6 Å². The number of aromatic nitrogens is 2. The van der Waals surface area contributed by atoms with Crippen LogP contribution in [0, 0.1) is 11.3 Å². The summed E-state index contributed by atoms with van der Waals surface area (Å²) in [5, 5.41) is 16.5. The molecule has 1 aromatic heterocycles. The number of benzene rings is 1. The van der Waals surface area contributed by atoms with E-state index in [9.17, 15) is 4.79 Å². The van der Waals surface area contributed by atoms with Crippen molar-refractivity contribution in [1.29, 1.82) is 5.26 Å². The van der Waals surface area contributed by atoms with Crippen LogP contribution in [0.4, 0.5) is 0 Å². The zero-order valence-electron chi connectivity index (χ0n) is 8.88. The molecule has 2 aromatic rings. The molecule has 1 heterocycles. The molecule has 0 unspecified atom stereocenters. The smallest absolute Gasteiger partial charge is 0.178 e. The molecular formula is C11H7N3OS2. The first-order chi connectivity index (χ1) is 8.20. The van der Waals surface area contributed by atoms with Crippen molar-refractivity contribution in [2.45, 2.75) is 16.2 Å². The molecule has 0 saturated heterocycles. The number of carbonyl (C=O) groups excluding carboxylic acids is 1. The van der Waals surface area contributed by atoms with Crippen LogP contribution in [0.1, 0.15) is 22.8 Å². The number of carbonyl (C=O) groups is 1. The van der Waals surface area contributed by atoms with E-state index in [0.717, 1.165) is 9.24 Å². The fourth-order valence-electron chi connectivity index (χ4n) is 1.27. The van der Waals surface area contributed by atoms with Crippen molar-refractivity contribution in [3.8, 4) is 6.07 Å². The maximum absolute atomic E-state index is 11.5. The highest BCUT2D eigenvalue weighted by molar-refractivity contribution is 8.01. The Morgan fingerprint density at radius 3 is 2.94 bits per heavy atom. The van der Waals surface area contributed by atoms with Gasteiger partial charge in [0.1, 0.15) is 5.51 Å². The van der Waals surface area contributed by atoms with Crippen molar-refractivity contribution < 1.29 is 4.79 Å². The van der Waals surface area contributed by atoms with E-state index in [1.165, 1.54) is 30.0 Å². The number of ketones is 1. The van der Waals surface area contributed by atoms with E-state index in [-0.39, 0.29) is 5.78 Å². The fraction of sp³-hybridized carbons (Fsp3) is 0.0909. The average Bonchev–Trinajstić information content (AvgIpc) is 2.81. The Morgan fingerprint density at radius 1 is 1.53 bits per heavy atom. The van der Waals surface area contributed by atoms with Gasteiger partial charge in [-0.2, -0.15) is 5.26 Å². The molecule has 0 amide bonds. The van der Waals surface area contributed by atoms with Crippen LogP contribution < -0.4 is 0 Å². The summed E-state index contributed by atoms with van der Waals surface area (Å²) < 4.78 is 0.752. The van der Waals surface area contributed by atoms with Gasteiger partial charge in [0.2, 0.25) is 0 Å². The maximum Gasteiger partial charge on any atom is 0.178 e. The normalized spacial score (nSPS) is 9.88. The largest absolute Gasteiger partial charge is 0.294 e. The molecule has 84 valence electrons. The Labute approximate surface area is 106 Å². The Hall–Kier alpha value is -1.71. The lowest BCUT2D eigenvalue weighted by Gasteiger charge is -2.04. The maximum atomic E-state index is 11.5. The summed E-state index contributed by atoms with van der Waals surface area (Å²) in [5.74, 6) is -0.0264. The lowest BCUT2D eigenvalue weighted by Crippen LogP contribution is -1.95. The first-order valence-electron chi connectivity index (χ1n) is 4.70. The Kier molecular flexibility index (Phi) is 3.52. The van der Waals surface area contributed by atoms with Crippen LogP contribution in [-0.2, 0) is 0 Å². The van der Waals surface area contributed by atoms with Crippen molar-refractivity contribution in [2.24, 2.45) is 0 Å². The van der Waals surface area contributed by atoms with Gasteiger partial charge in [-0.05, 0) is 25.1 Å². The SMILES string of the molecule is CC(=O)c1ccc(C#N)cc1Sc1nncs1. The molecule has 0 aliphatic rings. The second kappa shape index (κ2) is 5.08. The zero-order valence-corrected chi connectivity index (χ0v) is 10.5. The van der Waals surface area contributed by atoms with E-state index in [1.54, 1.807) is 23.7 Å². The molecule has 0 saturated carbocycles. The highest BCUT2D eigenvalue weighted by atomic mass is 32.2. The Morgan fingerprint density at radius 2 is 2.35 bits per heavy atom. The van der Waals surface area contributed by atoms with E-state index in [2.05, 4.69) is 16.3 Å². The van der Waals surface area contributed by atoms with Crippen LogP contribution >= 0.6 is 23.1 Å². The zero-order chi connectivity index (χ0) is 12.3. The van der Waals surface area contributed by atoms with Gasteiger partial charge < -0.3 is 0 Å². The van der Waals surface area contributed by atoms with Crippen molar-refractivity contribution in [3.05, 3.63) is 34.8 Å². The summed E-state index contributed by atoms with van der Waals surface area (Å²) in [6.07, 6.45) is 0. The quantitative estimate of drug-likeness (QED) is 0.795. The molecule has 0 bridgehead atoms. The lowest BCUT2D eigenvalue weighted by atomic mass is 10.1. The van der Waals surface area contributed by atoms with Gasteiger partial charge in [0.05, 0.1) is 11.6 Å². The Balaban J connectivity index is 2.42. The molecule has 0 fully saturated rings. The van der Waals surface area contributed by atoms with E-state index in [1.807, 2.05) is 0 Å². The van der Waals surface area contributed by atoms with Crippen molar-refractivity contribution in [3.63, 3.8) is 0 Å². The lowest BCUT2D eigenvalue weighted by molar-refractivity contribution is 0.101. The molecule has 6 heteroatoms. The van der Waals surface area contributed by atoms with Crippen molar-refractivity contribution in [1.82, 2.24) is 10.2 Å². The Bertz CT molecular complexity index is 587. The highest BCUT2D eigenvalue weighted by Crippen LogP contribution is 2.32. The molecule has 0 N–H and O–H groups in total. The number of Topliss-reactive ketones (excluding diaryl/α,β-unsaturated/α-hetero) is 1. The minimum absolute atomic E-state index is 0.0264. The van der Waals surface area contributed by atoms with Gasteiger partial charge in [0, 0.05) is 10.5 Å². The molecule has 0 aliphatic heterocycles. The van der Waals surface area contributed by atoms with Crippen molar-refractivity contribution in [2.75, 3.05) is 0 Å². The summed E-state index contributed by atoms with van der Waals surface area (Å²) >= 11 is 2.75. The first-order valence-corrected chi connectivity index (χ1v) is 6.39. The van der Waals surface area contributed by atoms with E-state index in [4.69, 9.17) is 5.26 Å². The predicted octanol–water partition coefficient (Wildman–Crippen LogP) is 2.76. The minimum Gasteiger partial charge on any atom is -0.294 e. The number of hydrogen-bond donors (Lipinski definition) is 0. The monoisotopic (exact) mass is 261 g/mol. The summed E-state index contributed by atoms with van der Waals surface area (Å²) in [5.41, 5.74) is 2.76. The van der Waals surface area contributed by atoms with Gasteiger partial charge in [0.15, 0.2) is 10.1 Å². The van der Waals surface area contributed by atoms with Crippen LogP contribution in [0.5, 0.6) is 0 Å². The molecule has 2 rings (SSSR count). The summed E-state index contributed by atoms with van der Waals surface area (Å²) in [6, 6.07) is 7.06. The van der Waals surface area contributed by atoms with E-state index >= 15 is 0 Å². The van der Waals surface area contributed by atoms with Gasteiger partial charge in [0.25, 0.3) is 0 Å². The van der Waals surface area contributed by atoms with Gasteiger partial charge in [-0.15, -0.1) is 10.2 Å². The summed E-state index contributed by atoms with van der Waals surface area (Å²) in [6.45, 7) is 1.51. The molecular weight excluding hydrogens is 254 g/mol. The summed E-state index contributed by atoms with van der Waals surface area (Å²) in [7, 11) is 0. The van der Waals surface area contributed by atoms with Crippen LogP contribution in [0.25, 0.3) is 0 Å². The molecule has 0 spiro atoms. The highest BCUT2D eigenvalue weighted by Gasteiger charge is 2.11. The molecule has 4 nitrogen and oxygen atoms in total. The van der Waals surface area contributed by atoms with Gasteiger partial charge in [-0.3, -0.25) is 4.79 Å². The van der Waals surface area contributed by atoms with Gasteiger partial charge in [-0.1, -0.05) is 23.1 Å². The first kappa shape index (κ1) is 11.8. The number of rotatable bonds is 3. The predicted molar refractivity (Wildman–Crippen MR) is 65.2 cm³/mol. The summed E-state index contributed by atoms with van der Waals surface area (Å²) in [4.78, 5) is 12.2. The number of hydrogen-bond acceptors (Lipinski definition) is 6.